The first-order valence-corrected chi connectivity index (χ1v) is 5.78. The summed E-state index contributed by atoms with van der Waals surface area (Å²) in [5, 5.41) is 0. The number of hydrogen-bond acceptors (Lipinski definition) is 2. The molecule has 0 aromatic heterocycles. The summed E-state index contributed by atoms with van der Waals surface area (Å²) >= 11 is 0. The molecular weight excluding hydrogens is 176 g/mol. The first-order chi connectivity index (χ1) is 6.61. The fourth-order valence-corrected chi connectivity index (χ4v) is 2.10. The molecule has 2 atom stereocenters. The van der Waals surface area contributed by atoms with Gasteiger partial charge in [-0.3, -0.25) is 4.79 Å². The van der Waals surface area contributed by atoms with Gasteiger partial charge in [0.1, 0.15) is 5.78 Å². The number of Topliss-reactive ketones (excluding diaryl/α,β-unsaturated/α-hetero) is 1. The Labute approximate surface area is 87.0 Å². The maximum Gasteiger partial charge on any atom is 0.136 e. The first-order valence-electron chi connectivity index (χ1n) is 5.78. The Morgan fingerprint density at radius 2 is 2.21 bits per heavy atom. The van der Waals surface area contributed by atoms with Crippen molar-refractivity contribution in [3.8, 4) is 0 Å². The second kappa shape index (κ2) is 4.92. The fraction of sp³-hybridized carbons (Fsp3) is 0.917. The summed E-state index contributed by atoms with van der Waals surface area (Å²) in [4.78, 5) is 11.7. The highest BCUT2D eigenvalue weighted by molar-refractivity contribution is 5.81. The van der Waals surface area contributed by atoms with Crippen LogP contribution >= 0.6 is 0 Å². The lowest BCUT2D eigenvalue weighted by Crippen LogP contribution is -2.39. The van der Waals surface area contributed by atoms with Crippen molar-refractivity contribution >= 4 is 5.78 Å². The zero-order valence-electron chi connectivity index (χ0n) is 9.64. The van der Waals surface area contributed by atoms with Gasteiger partial charge in [0.15, 0.2) is 0 Å². The van der Waals surface area contributed by atoms with Crippen LogP contribution in [0.15, 0.2) is 0 Å². The monoisotopic (exact) mass is 198 g/mol. The molecule has 2 heteroatoms. The molecule has 1 aliphatic rings. The van der Waals surface area contributed by atoms with Crippen LogP contribution in [0.2, 0.25) is 0 Å². The molecule has 0 amide bonds. The molecule has 82 valence electrons. The van der Waals surface area contributed by atoms with Crippen LogP contribution in [0.25, 0.3) is 0 Å². The van der Waals surface area contributed by atoms with Gasteiger partial charge in [-0.15, -0.1) is 0 Å². The van der Waals surface area contributed by atoms with Gasteiger partial charge in [-0.2, -0.15) is 0 Å². The Morgan fingerprint density at radius 1 is 1.50 bits per heavy atom. The van der Waals surface area contributed by atoms with E-state index in [-0.39, 0.29) is 11.5 Å². The van der Waals surface area contributed by atoms with Crippen LogP contribution in [0.1, 0.15) is 52.9 Å². The zero-order chi connectivity index (χ0) is 10.6. The SMILES string of the molecule is CCCC(=O)[C@@H]1CCO[C@](C)(CC)C1. The maximum absolute atomic E-state index is 11.7. The second-order valence-electron chi connectivity index (χ2n) is 4.56. The molecular formula is C12H22O2. The Hall–Kier alpha value is -0.370. The van der Waals surface area contributed by atoms with Gasteiger partial charge in [0, 0.05) is 18.9 Å². The largest absolute Gasteiger partial charge is 0.375 e. The third-order valence-corrected chi connectivity index (χ3v) is 3.29. The maximum atomic E-state index is 11.7. The van der Waals surface area contributed by atoms with Gasteiger partial charge in [0.05, 0.1) is 5.60 Å². The molecule has 0 aromatic carbocycles. The molecule has 1 heterocycles. The van der Waals surface area contributed by atoms with Crippen LogP contribution in [0.5, 0.6) is 0 Å². The molecule has 0 saturated carbocycles. The Morgan fingerprint density at radius 3 is 2.79 bits per heavy atom. The number of ketones is 1. The van der Waals surface area contributed by atoms with E-state index in [2.05, 4.69) is 20.8 Å². The van der Waals surface area contributed by atoms with E-state index in [1.54, 1.807) is 0 Å². The van der Waals surface area contributed by atoms with Gasteiger partial charge >= 0.3 is 0 Å². The summed E-state index contributed by atoms with van der Waals surface area (Å²) in [5.41, 5.74) is -0.0493. The fourth-order valence-electron chi connectivity index (χ4n) is 2.10. The summed E-state index contributed by atoms with van der Waals surface area (Å²) in [5.74, 6) is 0.698. The van der Waals surface area contributed by atoms with Crippen molar-refractivity contribution in [3.63, 3.8) is 0 Å². The number of ether oxygens (including phenoxy) is 1. The molecule has 0 spiro atoms. The van der Waals surface area contributed by atoms with Crippen LogP contribution < -0.4 is 0 Å². The molecule has 1 rings (SSSR count). The molecule has 1 fully saturated rings. The normalized spacial score (nSPS) is 32.9. The molecule has 0 N–H and O–H groups in total. The van der Waals surface area contributed by atoms with Crippen molar-refractivity contribution in [2.45, 2.75) is 58.5 Å². The van der Waals surface area contributed by atoms with E-state index in [1.807, 2.05) is 0 Å². The van der Waals surface area contributed by atoms with E-state index in [9.17, 15) is 4.79 Å². The standard InChI is InChI=1S/C12H22O2/c1-4-6-11(13)10-7-8-14-12(3,5-2)9-10/h10H,4-9H2,1-3H3/t10-,12-/m1/s1. The number of hydrogen-bond donors (Lipinski definition) is 0. The first kappa shape index (κ1) is 11.7. The quantitative estimate of drug-likeness (QED) is 0.694. The van der Waals surface area contributed by atoms with E-state index >= 15 is 0 Å². The van der Waals surface area contributed by atoms with Crippen LogP contribution in [0.4, 0.5) is 0 Å². The lowest BCUT2D eigenvalue weighted by molar-refractivity contribution is -0.135. The van der Waals surface area contributed by atoms with Gasteiger partial charge in [-0.05, 0) is 32.6 Å². The Balaban J connectivity index is 2.51. The van der Waals surface area contributed by atoms with Crippen molar-refractivity contribution in [3.05, 3.63) is 0 Å². The average molecular weight is 198 g/mol. The predicted molar refractivity (Wildman–Crippen MR) is 57.3 cm³/mol. The minimum Gasteiger partial charge on any atom is -0.375 e. The number of carbonyl (C=O) groups is 1. The topological polar surface area (TPSA) is 26.3 Å². The lowest BCUT2D eigenvalue weighted by atomic mass is 9.82. The average Bonchev–Trinajstić information content (AvgIpc) is 2.18. The molecule has 0 aromatic rings. The number of carbonyl (C=O) groups excluding carboxylic acids is 1. The summed E-state index contributed by atoms with van der Waals surface area (Å²) in [6.45, 7) is 7.08. The van der Waals surface area contributed by atoms with Crippen LogP contribution in [-0.4, -0.2) is 18.0 Å². The van der Waals surface area contributed by atoms with Crippen molar-refractivity contribution in [2.24, 2.45) is 5.92 Å². The lowest BCUT2D eigenvalue weighted by Gasteiger charge is -2.37. The highest BCUT2D eigenvalue weighted by Crippen LogP contribution is 2.32. The van der Waals surface area contributed by atoms with E-state index in [0.29, 0.717) is 5.78 Å². The van der Waals surface area contributed by atoms with Crippen LogP contribution in [-0.2, 0) is 9.53 Å². The third-order valence-electron chi connectivity index (χ3n) is 3.29. The Kier molecular flexibility index (Phi) is 4.11. The van der Waals surface area contributed by atoms with Crippen molar-refractivity contribution in [1.29, 1.82) is 0 Å². The minimum atomic E-state index is -0.0493. The highest BCUT2D eigenvalue weighted by Gasteiger charge is 2.34. The molecule has 2 nitrogen and oxygen atoms in total. The van der Waals surface area contributed by atoms with E-state index in [4.69, 9.17) is 4.74 Å². The predicted octanol–water partition coefficient (Wildman–Crippen LogP) is 2.95. The van der Waals surface area contributed by atoms with Gasteiger partial charge in [-0.25, -0.2) is 0 Å². The summed E-state index contributed by atoms with van der Waals surface area (Å²) < 4.78 is 5.72. The van der Waals surface area contributed by atoms with E-state index < -0.39 is 0 Å². The summed E-state index contributed by atoms with van der Waals surface area (Å²) in [6, 6.07) is 0. The van der Waals surface area contributed by atoms with Gasteiger partial charge in [0.25, 0.3) is 0 Å². The molecule has 14 heavy (non-hydrogen) atoms. The minimum absolute atomic E-state index is 0.0493. The molecule has 1 aliphatic heterocycles. The van der Waals surface area contributed by atoms with E-state index in [1.165, 1.54) is 0 Å². The summed E-state index contributed by atoms with van der Waals surface area (Å²) in [7, 11) is 0. The second-order valence-corrected chi connectivity index (χ2v) is 4.56. The van der Waals surface area contributed by atoms with Gasteiger partial charge < -0.3 is 4.74 Å². The number of rotatable bonds is 4. The van der Waals surface area contributed by atoms with Crippen molar-refractivity contribution in [2.75, 3.05) is 6.61 Å². The molecule has 0 radical (unpaired) electrons. The molecule has 0 unspecified atom stereocenters. The van der Waals surface area contributed by atoms with Gasteiger partial charge in [0.2, 0.25) is 0 Å². The molecule has 0 aliphatic carbocycles. The zero-order valence-corrected chi connectivity index (χ0v) is 9.64. The third kappa shape index (κ3) is 2.81. The summed E-state index contributed by atoms with van der Waals surface area (Å²) in [6.07, 6.45) is 4.56. The van der Waals surface area contributed by atoms with E-state index in [0.717, 1.165) is 38.7 Å². The van der Waals surface area contributed by atoms with Crippen LogP contribution in [0.3, 0.4) is 0 Å². The van der Waals surface area contributed by atoms with Crippen molar-refractivity contribution in [1.82, 2.24) is 0 Å². The molecule has 0 bridgehead atoms. The highest BCUT2D eigenvalue weighted by atomic mass is 16.5. The van der Waals surface area contributed by atoms with Crippen LogP contribution in [0, 0.1) is 5.92 Å². The Bertz CT molecular complexity index is 200. The smallest absolute Gasteiger partial charge is 0.136 e. The van der Waals surface area contributed by atoms with Crippen molar-refractivity contribution < 1.29 is 9.53 Å². The molecule has 1 saturated heterocycles. The van der Waals surface area contributed by atoms with Gasteiger partial charge in [-0.1, -0.05) is 13.8 Å².